The molecule has 29 heavy (non-hydrogen) atoms. The maximum atomic E-state index is 8.74. The standard InChI is InChI=1S/C23H49N.H2O4S/c1-4-7-8-9-10-11-12-13-14-15-16-17-18-19-20-21-22-24-23(5-2)6-3;1-5(2,3)4/h23-24H,4-22H2,1-3H3;(H2,1,2,3,4). The summed E-state index contributed by atoms with van der Waals surface area (Å²) in [5.41, 5.74) is 0. The molecule has 0 heterocycles. The maximum absolute atomic E-state index is 8.74. The van der Waals surface area contributed by atoms with Gasteiger partial charge in [-0.15, -0.1) is 0 Å². The van der Waals surface area contributed by atoms with Gasteiger partial charge >= 0.3 is 10.4 Å². The van der Waals surface area contributed by atoms with E-state index >= 15 is 0 Å². The molecule has 5 nitrogen and oxygen atoms in total. The van der Waals surface area contributed by atoms with Gasteiger partial charge in [-0.25, -0.2) is 0 Å². The number of hydrogen-bond donors (Lipinski definition) is 3. The highest BCUT2D eigenvalue weighted by atomic mass is 32.3. The molecule has 0 aromatic carbocycles. The van der Waals surface area contributed by atoms with E-state index in [1.165, 1.54) is 122 Å². The summed E-state index contributed by atoms with van der Waals surface area (Å²) in [4.78, 5) is 0. The summed E-state index contributed by atoms with van der Waals surface area (Å²) in [7, 11) is -4.67. The number of hydrogen-bond acceptors (Lipinski definition) is 3. The fraction of sp³-hybridized carbons (Fsp3) is 1.00. The highest BCUT2D eigenvalue weighted by Crippen LogP contribution is 2.13. The Bertz CT molecular complexity index is 390. The lowest BCUT2D eigenvalue weighted by Gasteiger charge is -2.14. The van der Waals surface area contributed by atoms with Crippen molar-refractivity contribution in [1.82, 2.24) is 5.32 Å². The summed E-state index contributed by atoms with van der Waals surface area (Å²) in [6.07, 6.45) is 25.8. The molecule has 6 heteroatoms. The van der Waals surface area contributed by atoms with Crippen LogP contribution in [-0.4, -0.2) is 30.1 Å². The first-order chi connectivity index (χ1) is 13.8. The van der Waals surface area contributed by atoms with Gasteiger partial charge in [0.15, 0.2) is 0 Å². The van der Waals surface area contributed by atoms with E-state index in [1.807, 2.05) is 0 Å². The SMILES string of the molecule is CCCCCCCCCCCCCCCCCCNC(CC)CC.O=S(=O)(O)O. The average molecular weight is 438 g/mol. The Labute approximate surface area is 182 Å². The fourth-order valence-corrected chi connectivity index (χ4v) is 3.56. The Morgan fingerprint density at radius 3 is 1.14 bits per heavy atom. The Kier molecular flexibility index (Phi) is 25.8. The van der Waals surface area contributed by atoms with E-state index in [1.54, 1.807) is 0 Å². The molecule has 0 saturated carbocycles. The van der Waals surface area contributed by atoms with E-state index in [2.05, 4.69) is 26.1 Å². The van der Waals surface area contributed by atoms with Crippen molar-refractivity contribution >= 4 is 10.4 Å². The zero-order chi connectivity index (χ0) is 22.2. The Balaban J connectivity index is 0. The third-order valence-electron chi connectivity index (χ3n) is 5.45. The molecule has 0 aliphatic rings. The van der Waals surface area contributed by atoms with Gasteiger partial charge in [0.05, 0.1) is 0 Å². The van der Waals surface area contributed by atoms with Crippen molar-refractivity contribution in [1.29, 1.82) is 0 Å². The van der Waals surface area contributed by atoms with Crippen LogP contribution in [0.1, 0.15) is 136 Å². The minimum absolute atomic E-state index is 0.751. The molecule has 0 saturated heterocycles. The Hall–Kier alpha value is -0.170. The smallest absolute Gasteiger partial charge is 0.314 e. The summed E-state index contributed by atoms with van der Waals surface area (Å²) >= 11 is 0. The van der Waals surface area contributed by atoms with Gasteiger partial charge < -0.3 is 5.32 Å². The van der Waals surface area contributed by atoms with E-state index in [0.717, 1.165) is 6.04 Å². The second-order valence-corrected chi connectivity index (χ2v) is 9.11. The molecular formula is C23H51NO4S. The van der Waals surface area contributed by atoms with Crippen LogP contribution in [0.15, 0.2) is 0 Å². The molecular weight excluding hydrogens is 386 g/mol. The summed E-state index contributed by atoms with van der Waals surface area (Å²) in [5, 5.41) is 3.67. The minimum atomic E-state index is -4.67. The molecule has 0 bridgehead atoms. The highest BCUT2D eigenvalue weighted by Gasteiger charge is 2.00. The topological polar surface area (TPSA) is 86.6 Å². The van der Waals surface area contributed by atoms with Crippen molar-refractivity contribution in [3.8, 4) is 0 Å². The molecule has 0 aromatic heterocycles. The molecule has 0 unspecified atom stereocenters. The lowest BCUT2D eigenvalue weighted by atomic mass is 10.0. The molecule has 0 spiro atoms. The van der Waals surface area contributed by atoms with E-state index in [4.69, 9.17) is 17.5 Å². The third kappa shape index (κ3) is 35.6. The van der Waals surface area contributed by atoms with Crippen LogP contribution >= 0.6 is 0 Å². The van der Waals surface area contributed by atoms with Crippen LogP contribution in [-0.2, 0) is 10.4 Å². The van der Waals surface area contributed by atoms with Crippen LogP contribution in [0.2, 0.25) is 0 Å². The summed E-state index contributed by atoms with van der Waals surface area (Å²) < 4.78 is 31.6. The van der Waals surface area contributed by atoms with Gasteiger partial charge in [-0.2, -0.15) is 8.42 Å². The molecule has 0 aliphatic carbocycles. The quantitative estimate of drug-likeness (QED) is 0.137. The number of rotatable bonds is 20. The lowest BCUT2D eigenvalue weighted by molar-refractivity contribution is 0.381. The Morgan fingerprint density at radius 2 is 0.862 bits per heavy atom. The fourth-order valence-electron chi connectivity index (χ4n) is 3.56. The molecule has 0 aromatic rings. The molecule has 0 atom stereocenters. The first kappa shape index (κ1) is 31.0. The monoisotopic (exact) mass is 437 g/mol. The molecule has 0 fully saturated rings. The summed E-state index contributed by atoms with van der Waals surface area (Å²) in [6.45, 7) is 8.10. The van der Waals surface area contributed by atoms with E-state index < -0.39 is 10.4 Å². The van der Waals surface area contributed by atoms with Crippen LogP contribution in [0.5, 0.6) is 0 Å². The van der Waals surface area contributed by atoms with Gasteiger partial charge in [-0.05, 0) is 25.8 Å². The van der Waals surface area contributed by atoms with Gasteiger partial charge in [0.25, 0.3) is 0 Å². The van der Waals surface area contributed by atoms with Crippen LogP contribution in [0.25, 0.3) is 0 Å². The van der Waals surface area contributed by atoms with E-state index in [0.29, 0.717) is 0 Å². The first-order valence-corrected chi connectivity index (χ1v) is 13.7. The predicted octanol–water partition coefficient (Wildman–Crippen LogP) is 7.37. The van der Waals surface area contributed by atoms with Crippen molar-refractivity contribution in [2.45, 2.75) is 142 Å². The molecule has 0 amide bonds. The lowest BCUT2D eigenvalue weighted by Crippen LogP contribution is -2.28. The molecule has 3 N–H and O–H groups in total. The van der Waals surface area contributed by atoms with E-state index in [-0.39, 0.29) is 0 Å². The third-order valence-corrected chi connectivity index (χ3v) is 5.45. The second kappa shape index (κ2) is 24.1. The Morgan fingerprint density at radius 1 is 0.586 bits per heavy atom. The largest absolute Gasteiger partial charge is 0.394 e. The zero-order valence-electron chi connectivity index (χ0n) is 19.6. The van der Waals surface area contributed by atoms with E-state index in [9.17, 15) is 0 Å². The first-order valence-electron chi connectivity index (χ1n) is 12.3. The van der Waals surface area contributed by atoms with Gasteiger partial charge in [0, 0.05) is 6.04 Å². The van der Waals surface area contributed by atoms with Crippen molar-refractivity contribution in [2.75, 3.05) is 6.54 Å². The van der Waals surface area contributed by atoms with Gasteiger partial charge in [-0.1, -0.05) is 117 Å². The van der Waals surface area contributed by atoms with Crippen molar-refractivity contribution in [3.05, 3.63) is 0 Å². The van der Waals surface area contributed by atoms with Crippen LogP contribution < -0.4 is 5.32 Å². The normalized spacial score (nSPS) is 11.5. The summed E-state index contributed by atoms with van der Waals surface area (Å²) in [6, 6.07) is 0.751. The van der Waals surface area contributed by atoms with Crippen molar-refractivity contribution < 1.29 is 17.5 Å². The molecule has 0 radical (unpaired) electrons. The van der Waals surface area contributed by atoms with Gasteiger partial charge in [0.2, 0.25) is 0 Å². The minimum Gasteiger partial charge on any atom is -0.314 e. The number of nitrogens with one attached hydrogen (secondary N) is 1. The zero-order valence-corrected chi connectivity index (χ0v) is 20.4. The van der Waals surface area contributed by atoms with Gasteiger partial charge in [-0.3, -0.25) is 9.11 Å². The average Bonchev–Trinajstić information content (AvgIpc) is 2.66. The predicted molar refractivity (Wildman–Crippen MR) is 126 cm³/mol. The maximum Gasteiger partial charge on any atom is 0.394 e. The molecule has 0 rings (SSSR count). The van der Waals surface area contributed by atoms with Crippen molar-refractivity contribution in [3.63, 3.8) is 0 Å². The van der Waals surface area contributed by atoms with Crippen LogP contribution in [0, 0.1) is 0 Å². The number of unbranched alkanes of at least 4 members (excludes halogenated alkanes) is 15. The van der Waals surface area contributed by atoms with Crippen LogP contribution in [0.4, 0.5) is 0 Å². The van der Waals surface area contributed by atoms with Gasteiger partial charge in [0.1, 0.15) is 0 Å². The molecule has 0 aliphatic heterocycles. The molecule has 178 valence electrons. The van der Waals surface area contributed by atoms with Crippen molar-refractivity contribution in [2.24, 2.45) is 0 Å². The summed E-state index contributed by atoms with van der Waals surface area (Å²) in [5.74, 6) is 0. The second-order valence-electron chi connectivity index (χ2n) is 8.22. The highest BCUT2D eigenvalue weighted by molar-refractivity contribution is 7.79. The van der Waals surface area contributed by atoms with Crippen LogP contribution in [0.3, 0.4) is 0 Å².